The molecule has 0 fully saturated rings. The van der Waals surface area contributed by atoms with Gasteiger partial charge in [-0.1, -0.05) is 13.8 Å². The lowest BCUT2D eigenvalue weighted by Gasteiger charge is -2.17. The summed E-state index contributed by atoms with van der Waals surface area (Å²) in [5, 5.41) is 8.00. The zero-order valence-electron chi connectivity index (χ0n) is 10.8. The largest absolute Gasteiger partial charge is 0.312 e. The molecule has 0 amide bonds. The van der Waals surface area contributed by atoms with Gasteiger partial charge in [-0.2, -0.15) is 5.10 Å². The molecule has 0 saturated heterocycles. The summed E-state index contributed by atoms with van der Waals surface area (Å²) in [4.78, 5) is 0. The van der Waals surface area contributed by atoms with Gasteiger partial charge in [0.15, 0.2) is 0 Å². The Morgan fingerprint density at radius 2 is 1.80 bits per heavy atom. The van der Waals surface area contributed by atoms with E-state index in [0.717, 1.165) is 12.2 Å². The van der Waals surface area contributed by atoms with Crippen LogP contribution in [-0.2, 0) is 0 Å². The fraction of sp³-hybridized carbons (Fsp3) is 0.750. The van der Waals surface area contributed by atoms with E-state index in [1.807, 2.05) is 0 Å². The van der Waals surface area contributed by atoms with Gasteiger partial charge in [0.2, 0.25) is 0 Å². The highest BCUT2D eigenvalue weighted by Crippen LogP contribution is 2.15. The summed E-state index contributed by atoms with van der Waals surface area (Å²) >= 11 is 0. The maximum atomic E-state index is 4.56. The average molecular weight is 209 g/mol. The molecule has 1 rings (SSSR count). The topological polar surface area (TPSA) is 29.9 Å². The smallest absolute Gasteiger partial charge is 0.0625 e. The van der Waals surface area contributed by atoms with Gasteiger partial charge in [-0.25, -0.2) is 0 Å². The van der Waals surface area contributed by atoms with Crippen LogP contribution < -0.4 is 5.32 Å². The first-order valence-electron chi connectivity index (χ1n) is 5.69. The normalized spacial score (nSPS) is 13.5. The second kappa shape index (κ2) is 4.79. The third-order valence-corrected chi connectivity index (χ3v) is 2.93. The van der Waals surface area contributed by atoms with Crippen LogP contribution in [0.4, 0.5) is 0 Å². The monoisotopic (exact) mass is 209 g/mol. The van der Waals surface area contributed by atoms with E-state index in [4.69, 9.17) is 0 Å². The first-order chi connectivity index (χ1) is 6.93. The SMILES string of the molecule is Cc1nn(C(C)CNC(C)C)c(C)c1C. The van der Waals surface area contributed by atoms with Crippen LogP contribution in [0.15, 0.2) is 0 Å². The quantitative estimate of drug-likeness (QED) is 0.825. The van der Waals surface area contributed by atoms with E-state index in [-0.39, 0.29) is 0 Å². The molecule has 0 radical (unpaired) electrons. The van der Waals surface area contributed by atoms with Crippen LogP contribution in [0.25, 0.3) is 0 Å². The van der Waals surface area contributed by atoms with Crippen molar-refractivity contribution in [3.8, 4) is 0 Å². The molecule has 0 aliphatic rings. The Balaban J connectivity index is 2.73. The number of rotatable bonds is 4. The Labute approximate surface area is 92.9 Å². The molecule has 0 bridgehead atoms. The predicted octanol–water partition coefficient (Wildman–Crippen LogP) is 2.37. The summed E-state index contributed by atoms with van der Waals surface area (Å²) in [5.41, 5.74) is 3.74. The maximum Gasteiger partial charge on any atom is 0.0625 e. The number of aromatic nitrogens is 2. The van der Waals surface area contributed by atoms with E-state index in [9.17, 15) is 0 Å². The van der Waals surface area contributed by atoms with E-state index in [0.29, 0.717) is 12.1 Å². The van der Waals surface area contributed by atoms with E-state index < -0.39 is 0 Å². The molecule has 15 heavy (non-hydrogen) atoms. The molecular weight excluding hydrogens is 186 g/mol. The van der Waals surface area contributed by atoms with E-state index >= 15 is 0 Å². The van der Waals surface area contributed by atoms with Crippen LogP contribution >= 0.6 is 0 Å². The second-order valence-electron chi connectivity index (χ2n) is 4.65. The minimum Gasteiger partial charge on any atom is -0.312 e. The minimum absolute atomic E-state index is 0.416. The number of nitrogens with zero attached hydrogens (tertiary/aromatic N) is 2. The Morgan fingerprint density at radius 3 is 2.20 bits per heavy atom. The Hall–Kier alpha value is -0.830. The van der Waals surface area contributed by atoms with E-state index in [1.165, 1.54) is 11.3 Å². The van der Waals surface area contributed by atoms with Crippen LogP contribution in [0.5, 0.6) is 0 Å². The molecule has 86 valence electrons. The predicted molar refractivity (Wildman–Crippen MR) is 64.3 cm³/mol. The van der Waals surface area contributed by atoms with Crippen molar-refractivity contribution in [1.29, 1.82) is 0 Å². The molecule has 0 aliphatic heterocycles. The lowest BCUT2D eigenvalue weighted by atomic mass is 10.2. The van der Waals surface area contributed by atoms with Crippen LogP contribution in [0.2, 0.25) is 0 Å². The molecule has 3 heteroatoms. The molecule has 1 heterocycles. The van der Waals surface area contributed by atoms with Crippen LogP contribution in [0, 0.1) is 20.8 Å². The van der Waals surface area contributed by atoms with Crippen molar-refractivity contribution in [1.82, 2.24) is 15.1 Å². The highest BCUT2D eigenvalue weighted by Gasteiger charge is 2.12. The Morgan fingerprint density at radius 1 is 1.20 bits per heavy atom. The van der Waals surface area contributed by atoms with Gasteiger partial charge in [-0.05, 0) is 33.3 Å². The third-order valence-electron chi connectivity index (χ3n) is 2.93. The zero-order valence-corrected chi connectivity index (χ0v) is 10.8. The van der Waals surface area contributed by atoms with Crippen molar-refractivity contribution in [2.45, 2.75) is 53.6 Å². The summed E-state index contributed by atoms with van der Waals surface area (Å²) in [5.74, 6) is 0. The molecule has 0 aromatic carbocycles. The molecule has 3 nitrogen and oxygen atoms in total. The standard InChI is InChI=1S/C12H23N3/c1-8(2)13-7-9(3)15-12(6)10(4)11(5)14-15/h8-9,13H,7H2,1-6H3. The van der Waals surface area contributed by atoms with Crippen molar-refractivity contribution in [2.75, 3.05) is 6.54 Å². The molecule has 1 aromatic rings. The molecule has 0 saturated carbocycles. The molecule has 1 N–H and O–H groups in total. The van der Waals surface area contributed by atoms with Crippen molar-refractivity contribution in [2.24, 2.45) is 0 Å². The lowest BCUT2D eigenvalue weighted by molar-refractivity contribution is 0.425. The molecule has 0 aliphatic carbocycles. The third kappa shape index (κ3) is 2.81. The van der Waals surface area contributed by atoms with E-state index in [2.05, 4.69) is 56.6 Å². The van der Waals surface area contributed by atoms with Gasteiger partial charge >= 0.3 is 0 Å². The second-order valence-corrected chi connectivity index (χ2v) is 4.65. The van der Waals surface area contributed by atoms with Gasteiger partial charge in [-0.3, -0.25) is 4.68 Å². The lowest BCUT2D eigenvalue weighted by Crippen LogP contribution is -2.30. The maximum absolute atomic E-state index is 4.56. The molecule has 1 atom stereocenters. The summed E-state index contributed by atoms with van der Waals surface area (Å²) in [7, 11) is 0. The number of aryl methyl sites for hydroxylation is 1. The highest BCUT2D eigenvalue weighted by molar-refractivity contribution is 5.22. The Kier molecular flexibility index (Phi) is 3.91. The Bertz CT molecular complexity index is 326. The first-order valence-corrected chi connectivity index (χ1v) is 5.69. The summed E-state index contributed by atoms with van der Waals surface area (Å²) in [6.07, 6.45) is 0. The average Bonchev–Trinajstić information content (AvgIpc) is 2.42. The van der Waals surface area contributed by atoms with E-state index in [1.54, 1.807) is 0 Å². The number of hydrogen-bond acceptors (Lipinski definition) is 2. The zero-order chi connectivity index (χ0) is 11.6. The summed E-state index contributed by atoms with van der Waals surface area (Å²) < 4.78 is 2.13. The minimum atomic E-state index is 0.416. The summed E-state index contributed by atoms with van der Waals surface area (Å²) in [6, 6.07) is 0.949. The van der Waals surface area contributed by atoms with Crippen LogP contribution in [0.3, 0.4) is 0 Å². The van der Waals surface area contributed by atoms with Crippen molar-refractivity contribution >= 4 is 0 Å². The first kappa shape index (κ1) is 12.2. The molecule has 1 unspecified atom stereocenters. The summed E-state index contributed by atoms with van der Waals surface area (Å²) in [6.45, 7) is 13.9. The van der Waals surface area contributed by atoms with Gasteiger partial charge in [0.1, 0.15) is 0 Å². The van der Waals surface area contributed by atoms with Crippen LogP contribution in [-0.4, -0.2) is 22.4 Å². The highest BCUT2D eigenvalue weighted by atomic mass is 15.3. The number of nitrogens with one attached hydrogen (secondary N) is 1. The van der Waals surface area contributed by atoms with Gasteiger partial charge in [0.25, 0.3) is 0 Å². The van der Waals surface area contributed by atoms with Crippen molar-refractivity contribution in [3.63, 3.8) is 0 Å². The van der Waals surface area contributed by atoms with Gasteiger partial charge in [-0.15, -0.1) is 0 Å². The van der Waals surface area contributed by atoms with Crippen molar-refractivity contribution < 1.29 is 0 Å². The van der Waals surface area contributed by atoms with Crippen molar-refractivity contribution in [3.05, 3.63) is 17.0 Å². The fourth-order valence-electron chi connectivity index (χ4n) is 1.67. The fourth-order valence-corrected chi connectivity index (χ4v) is 1.67. The van der Waals surface area contributed by atoms with Gasteiger partial charge in [0.05, 0.1) is 11.7 Å². The number of hydrogen-bond donors (Lipinski definition) is 1. The molecular formula is C12H23N3. The van der Waals surface area contributed by atoms with Gasteiger partial charge in [0, 0.05) is 18.3 Å². The molecule has 1 aromatic heterocycles. The van der Waals surface area contributed by atoms with Crippen LogP contribution in [0.1, 0.15) is 43.8 Å². The van der Waals surface area contributed by atoms with Gasteiger partial charge < -0.3 is 5.32 Å². The molecule has 0 spiro atoms.